The van der Waals surface area contributed by atoms with E-state index in [1.165, 1.54) is 35.6 Å². The Morgan fingerprint density at radius 3 is 2.52 bits per heavy atom. The molecule has 0 amide bonds. The van der Waals surface area contributed by atoms with Gasteiger partial charge in [0.2, 0.25) is 0 Å². The van der Waals surface area contributed by atoms with Crippen LogP contribution in [0.3, 0.4) is 0 Å². The summed E-state index contributed by atoms with van der Waals surface area (Å²) in [5.74, 6) is 0.529. The van der Waals surface area contributed by atoms with Crippen molar-refractivity contribution in [2.24, 2.45) is 0 Å². The van der Waals surface area contributed by atoms with Crippen molar-refractivity contribution < 1.29 is 32.5 Å². The van der Waals surface area contributed by atoms with Crippen LogP contribution >= 0.6 is 11.3 Å². The van der Waals surface area contributed by atoms with Crippen LogP contribution < -0.4 is 14.2 Å². The number of alkyl halides is 2. The molecule has 0 saturated heterocycles. The highest BCUT2D eigenvalue weighted by Crippen LogP contribution is 2.39. The summed E-state index contributed by atoms with van der Waals surface area (Å²) in [5.41, 5.74) is 1.56. The van der Waals surface area contributed by atoms with E-state index in [2.05, 4.69) is 9.72 Å². The Kier molecular flexibility index (Phi) is 6.61. The number of ether oxygens (including phenoxy) is 4. The third-order valence-electron chi connectivity index (χ3n) is 3.85. The monoisotopic (exact) mass is 421 g/mol. The van der Waals surface area contributed by atoms with E-state index >= 15 is 0 Å². The van der Waals surface area contributed by atoms with Gasteiger partial charge in [-0.3, -0.25) is 0 Å². The number of rotatable bonds is 8. The molecular formula is C20H17F2NO5S. The number of para-hydroxylation sites is 1. The summed E-state index contributed by atoms with van der Waals surface area (Å²) >= 11 is 1.38. The van der Waals surface area contributed by atoms with Crippen molar-refractivity contribution in [3.63, 3.8) is 0 Å². The lowest BCUT2D eigenvalue weighted by atomic mass is 10.2. The molecule has 152 valence electrons. The van der Waals surface area contributed by atoms with Gasteiger partial charge >= 0.3 is 12.6 Å². The van der Waals surface area contributed by atoms with Gasteiger partial charge in [0.25, 0.3) is 0 Å². The van der Waals surface area contributed by atoms with Crippen molar-refractivity contribution in [3.05, 3.63) is 59.1 Å². The van der Waals surface area contributed by atoms with E-state index in [0.29, 0.717) is 22.2 Å². The van der Waals surface area contributed by atoms with Gasteiger partial charge in [0, 0.05) is 5.38 Å². The minimum atomic E-state index is -2.92. The van der Waals surface area contributed by atoms with Crippen LogP contribution in [0.5, 0.6) is 17.2 Å². The van der Waals surface area contributed by atoms with Gasteiger partial charge in [0.15, 0.2) is 11.5 Å². The van der Waals surface area contributed by atoms with Crippen LogP contribution in [0.2, 0.25) is 0 Å². The summed E-state index contributed by atoms with van der Waals surface area (Å²) in [5, 5.41) is 2.47. The summed E-state index contributed by atoms with van der Waals surface area (Å²) in [7, 11) is 3.11. The Morgan fingerprint density at radius 2 is 1.86 bits per heavy atom. The lowest BCUT2D eigenvalue weighted by Gasteiger charge is -2.10. The van der Waals surface area contributed by atoms with Gasteiger partial charge in [-0.25, -0.2) is 9.78 Å². The number of halogens is 2. The zero-order chi connectivity index (χ0) is 20.8. The molecule has 0 N–H and O–H groups in total. The van der Waals surface area contributed by atoms with E-state index in [-0.39, 0.29) is 17.9 Å². The molecule has 0 atom stereocenters. The second-order valence-corrected chi connectivity index (χ2v) is 6.52. The first-order valence-corrected chi connectivity index (χ1v) is 9.27. The van der Waals surface area contributed by atoms with Gasteiger partial charge in [-0.05, 0) is 36.4 Å². The Labute approximate surface area is 169 Å². The first-order valence-electron chi connectivity index (χ1n) is 8.39. The van der Waals surface area contributed by atoms with Crippen LogP contribution in [-0.2, 0) is 11.3 Å². The number of aromatic nitrogens is 1. The Hall–Kier alpha value is -3.20. The number of carbonyl (C=O) groups excluding carboxylic acids is 1. The van der Waals surface area contributed by atoms with Gasteiger partial charge < -0.3 is 18.9 Å². The molecule has 2 aromatic carbocycles. The van der Waals surface area contributed by atoms with Crippen molar-refractivity contribution in [2.75, 3.05) is 14.2 Å². The minimum absolute atomic E-state index is 0.0309. The maximum absolute atomic E-state index is 12.2. The van der Waals surface area contributed by atoms with E-state index in [0.717, 1.165) is 5.56 Å². The molecule has 0 aliphatic heterocycles. The van der Waals surface area contributed by atoms with E-state index in [1.807, 2.05) is 12.1 Å². The van der Waals surface area contributed by atoms with Gasteiger partial charge in [-0.2, -0.15) is 8.78 Å². The molecular weight excluding hydrogens is 404 g/mol. The van der Waals surface area contributed by atoms with Crippen LogP contribution in [0.1, 0.15) is 16.1 Å². The first kappa shape index (κ1) is 20.5. The SMILES string of the molecule is COc1cccc(-c2nc(COC(=O)c3ccc(OC(F)F)cc3)cs2)c1OC. The third kappa shape index (κ3) is 5.00. The van der Waals surface area contributed by atoms with Crippen molar-refractivity contribution in [2.45, 2.75) is 13.2 Å². The second-order valence-electron chi connectivity index (χ2n) is 5.66. The molecule has 0 aliphatic rings. The summed E-state index contributed by atoms with van der Waals surface area (Å²) < 4.78 is 44.5. The molecule has 0 radical (unpaired) electrons. The first-order chi connectivity index (χ1) is 14.0. The lowest BCUT2D eigenvalue weighted by Crippen LogP contribution is -2.06. The zero-order valence-corrected chi connectivity index (χ0v) is 16.4. The topological polar surface area (TPSA) is 66.9 Å². The van der Waals surface area contributed by atoms with Crippen molar-refractivity contribution >= 4 is 17.3 Å². The summed E-state index contributed by atoms with van der Waals surface area (Å²) in [4.78, 5) is 16.6. The molecule has 0 fully saturated rings. The predicted octanol–water partition coefficient (Wildman–Crippen LogP) is 4.79. The Morgan fingerprint density at radius 1 is 1.10 bits per heavy atom. The molecule has 1 heterocycles. The lowest BCUT2D eigenvalue weighted by molar-refractivity contribution is -0.0498. The molecule has 0 unspecified atom stereocenters. The quantitative estimate of drug-likeness (QED) is 0.488. The summed E-state index contributed by atoms with van der Waals surface area (Å²) in [6.45, 7) is -2.95. The molecule has 0 aliphatic carbocycles. The van der Waals surface area contributed by atoms with E-state index in [9.17, 15) is 13.6 Å². The van der Waals surface area contributed by atoms with Crippen LogP contribution in [0.15, 0.2) is 47.8 Å². The smallest absolute Gasteiger partial charge is 0.387 e. The standard InChI is InChI=1S/C20H17F2NO5S/c1-25-16-5-3-4-15(17(16)26-2)18-23-13(11-29-18)10-27-19(24)12-6-8-14(9-7-12)28-20(21)22/h3-9,11,20H,10H2,1-2H3. The van der Waals surface area contributed by atoms with Crippen LogP contribution in [0.25, 0.3) is 10.6 Å². The number of esters is 1. The van der Waals surface area contributed by atoms with Crippen molar-refractivity contribution in [3.8, 4) is 27.8 Å². The number of hydrogen-bond donors (Lipinski definition) is 0. The van der Waals surface area contributed by atoms with E-state index in [4.69, 9.17) is 14.2 Å². The fourth-order valence-electron chi connectivity index (χ4n) is 2.55. The fourth-order valence-corrected chi connectivity index (χ4v) is 3.37. The van der Waals surface area contributed by atoms with Crippen LogP contribution in [0, 0.1) is 0 Å². The van der Waals surface area contributed by atoms with E-state index < -0.39 is 12.6 Å². The largest absolute Gasteiger partial charge is 0.493 e. The maximum Gasteiger partial charge on any atom is 0.387 e. The average Bonchev–Trinajstić information content (AvgIpc) is 3.20. The highest BCUT2D eigenvalue weighted by Gasteiger charge is 2.16. The van der Waals surface area contributed by atoms with Crippen LogP contribution in [0.4, 0.5) is 8.78 Å². The molecule has 9 heteroatoms. The molecule has 29 heavy (non-hydrogen) atoms. The molecule has 0 saturated carbocycles. The molecule has 1 aromatic heterocycles. The van der Waals surface area contributed by atoms with Gasteiger partial charge in [-0.15, -0.1) is 11.3 Å². The molecule has 3 rings (SSSR count). The predicted molar refractivity (Wildman–Crippen MR) is 103 cm³/mol. The fraction of sp³-hybridized carbons (Fsp3) is 0.200. The number of carbonyl (C=O) groups is 1. The number of thiazole rings is 1. The zero-order valence-electron chi connectivity index (χ0n) is 15.6. The average molecular weight is 421 g/mol. The van der Waals surface area contributed by atoms with Gasteiger partial charge in [-0.1, -0.05) is 6.07 Å². The molecule has 3 aromatic rings. The summed E-state index contributed by atoms with van der Waals surface area (Å²) in [6.07, 6.45) is 0. The molecule has 0 spiro atoms. The van der Waals surface area contributed by atoms with E-state index in [1.54, 1.807) is 25.7 Å². The maximum atomic E-state index is 12.2. The molecule has 0 bridgehead atoms. The third-order valence-corrected chi connectivity index (χ3v) is 4.78. The van der Waals surface area contributed by atoms with Gasteiger partial charge in [0.05, 0.1) is 31.0 Å². The minimum Gasteiger partial charge on any atom is -0.493 e. The van der Waals surface area contributed by atoms with Crippen molar-refractivity contribution in [1.29, 1.82) is 0 Å². The second kappa shape index (κ2) is 9.33. The number of methoxy groups -OCH3 is 2. The Balaban J connectivity index is 1.66. The number of nitrogens with zero attached hydrogens (tertiary/aromatic N) is 1. The van der Waals surface area contributed by atoms with Crippen LogP contribution in [-0.4, -0.2) is 31.8 Å². The molecule has 6 nitrogen and oxygen atoms in total. The van der Waals surface area contributed by atoms with Crippen molar-refractivity contribution in [1.82, 2.24) is 4.98 Å². The van der Waals surface area contributed by atoms with Gasteiger partial charge in [0.1, 0.15) is 17.4 Å². The highest BCUT2D eigenvalue weighted by atomic mass is 32.1. The highest BCUT2D eigenvalue weighted by molar-refractivity contribution is 7.13. The number of hydrogen-bond acceptors (Lipinski definition) is 7. The normalized spacial score (nSPS) is 10.7. The number of benzene rings is 2. The Bertz CT molecular complexity index is 975. The summed E-state index contributed by atoms with van der Waals surface area (Å²) in [6, 6.07) is 10.7.